The molecule has 41 heavy (non-hydrogen) atoms. The van der Waals surface area contributed by atoms with Crippen LogP contribution in [0.4, 0.5) is 35.1 Å². The largest absolute Gasteiger partial charge is 0.429 e. The number of hydrogen-bond donors (Lipinski definition) is 0. The molecule has 5 rings (SSSR count). The molecule has 0 bridgehead atoms. The molecular weight excluding hydrogens is 552 g/mol. The van der Waals surface area contributed by atoms with Gasteiger partial charge < -0.3 is 4.74 Å². The van der Waals surface area contributed by atoms with Crippen LogP contribution in [0.25, 0.3) is 21.9 Å². The van der Waals surface area contributed by atoms with Gasteiger partial charge in [-0.15, -0.1) is 0 Å². The van der Waals surface area contributed by atoms with Crippen LogP contribution < -0.4 is 4.74 Å². The van der Waals surface area contributed by atoms with Crippen LogP contribution in [0, 0.1) is 40.8 Å². The Hall–Kier alpha value is -3.62. The number of hydrogen-bond acceptors (Lipinski definition) is 1. The van der Waals surface area contributed by atoms with E-state index in [-0.39, 0.29) is 23.1 Å². The molecule has 9 heteroatoms. The molecule has 0 spiro atoms. The van der Waals surface area contributed by atoms with Crippen LogP contribution in [0.5, 0.6) is 5.75 Å². The van der Waals surface area contributed by atoms with Gasteiger partial charge in [-0.2, -0.15) is 8.78 Å². The highest BCUT2D eigenvalue weighted by molar-refractivity contribution is 5.89. The van der Waals surface area contributed by atoms with Gasteiger partial charge in [0.15, 0.2) is 29.1 Å². The average molecular weight is 579 g/mol. The first-order valence-corrected chi connectivity index (χ1v) is 13.4. The second kappa shape index (κ2) is 11.3. The SMILES string of the molecule is CCCC1CCC(c2ccc(-c3cc4ccc(C(F)(F)Oc5cc(F)c(F)c(F)c5)c(F)c4c(F)c3F)cc2)CC1. The average Bonchev–Trinajstić information content (AvgIpc) is 2.94. The van der Waals surface area contributed by atoms with Crippen LogP contribution in [0.3, 0.4) is 0 Å². The Kier molecular flexibility index (Phi) is 7.99. The summed E-state index contributed by atoms with van der Waals surface area (Å²) in [6.07, 6.45) is 2.24. The van der Waals surface area contributed by atoms with E-state index < -0.39 is 57.7 Å². The van der Waals surface area contributed by atoms with E-state index in [1.807, 2.05) is 12.1 Å². The smallest absolute Gasteiger partial charge is 0.429 e. The number of alkyl halides is 2. The zero-order valence-corrected chi connectivity index (χ0v) is 22.0. The van der Waals surface area contributed by atoms with E-state index in [4.69, 9.17) is 0 Å². The lowest BCUT2D eigenvalue weighted by Crippen LogP contribution is -2.24. The number of halogens is 8. The normalized spacial score (nSPS) is 17.7. The molecule has 1 saturated carbocycles. The lowest BCUT2D eigenvalue weighted by Gasteiger charge is -2.28. The summed E-state index contributed by atoms with van der Waals surface area (Å²) < 4.78 is 119. The minimum Gasteiger partial charge on any atom is -0.429 e. The molecule has 0 unspecified atom stereocenters. The molecular formula is C32H26F8O. The lowest BCUT2D eigenvalue weighted by atomic mass is 9.77. The van der Waals surface area contributed by atoms with Crippen molar-refractivity contribution in [1.29, 1.82) is 0 Å². The predicted octanol–water partition coefficient (Wildman–Crippen LogP) is 10.5. The van der Waals surface area contributed by atoms with Gasteiger partial charge >= 0.3 is 6.11 Å². The highest BCUT2D eigenvalue weighted by Crippen LogP contribution is 2.41. The van der Waals surface area contributed by atoms with Crippen LogP contribution in [0.15, 0.2) is 54.6 Å². The quantitative estimate of drug-likeness (QED) is 0.157. The minimum atomic E-state index is -4.57. The first kappa shape index (κ1) is 28.9. The summed E-state index contributed by atoms with van der Waals surface area (Å²) in [5.41, 5.74) is -0.228. The van der Waals surface area contributed by atoms with Crippen LogP contribution in [-0.4, -0.2) is 0 Å². The summed E-state index contributed by atoms with van der Waals surface area (Å²) >= 11 is 0. The molecule has 0 saturated heterocycles. The van der Waals surface area contributed by atoms with Crippen LogP contribution in [-0.2, 0) is 6.11 Å². The fourth-order valence-corrected chi connectivity index (χ4v) is 5.74. The molecule has 4 aromatic carbocycles. The Morgan fingerprint density at radius 3 is 1.98 bits per heavy atom. The molecule has 1 nitrogen and oxygen atoms in total. The van der Waals surface area contributed by atoms with Crippen molar-refractivity contribution in [3.05, 3.63) is 101 Å². The van der Waals surface area contributed by atoms with Gasteiger partial charge in [0, 0.05) is 17.7 Å². The molecule has 0 amide bonds. The van der Waals surface area contributed by atoms with E-state index >= 15 is 13.2 Å². The van der Waals surface area contributed by atoms with Gasteiger partial charge in [-0.1, -0.05) is 50.1 Å². The highest BCUT2D eigenvalue weighted by atomic mass is 19.3. The number of ether oxygens (including phenoxy) is 1. The first-order chi connectivity index (χ1) is 19.5. The van der Waals surface area contributed by atoms with Gasteiger partial charge in [0.05, 0.1) is 5.39 Å². The maximum absolute atomic E-state index is 15.2. The summed E-state index contributed by atoms with van der Waals surface area (Å²) in [7, 11) is 0. The minimum absolute atomic E-state index is 0.153. The zero-order valence-electron chi connectivity index (χ0n) is 22.0. The summed E-state index contributed by atoms with van der Waals surface area (Å²) in [5, 5.41) is -1.22. The number of fused-ring (bicyclic) bond motifs is 1. The van der Waals surface area contributed by atoms with Crippen LogP contribution in [0.1, 0.15) is 62.5 Å². The van der Waals surface area contributed by atoms with Crippen molar-refractivity contribution in [3.63, 3.8) is 0 Å². The third-order valence-corrected chi connectivity index (χ3v) is 7.88. The Morgan fingerprint density at radius 1 is 0.732 bits per heavy atom. The van der Waals surface area contributed by atoms with Gasteiger partial charge in [-0.05, 0) is 66.2 Å². The summed E-state index contributed by atoms with van der Waals surface area (Å²) in [6, 6.07) is 10.1. The molecule has 1 aliphatic rings. The maximum atomic E-state index is 15.2. The van der Waals surface area contributed by atoms with Crippen molar-refractivity contribution >= 4 is 10.8 Å². The summed E-state index contributed by atoms with van der Waals surface area (Å²) in [6.45, 7) is 2.18. The van der Waals surface area contributed by atoms with Gasteiger partial charge in [0.1, 0.15) is 17.1 Å². The zero-order chi connectivity index (χ0) is 29.5. The summed E-state index contributed by atoms with van der Waals surface area (Å²) in [5.74, 6) is -10.4. The molecule has 0 aromatic heterocycles. The Morgan fingerprint density at radius 2 is 1.37 bits per heavy atom. The maximum Gasteiger partial charge on any atom is 0.429 e. The van der Waals surface area contributed by atoms with Crippen LogP contribution >= 0.6 is 0 Å². The van der Waals surface area contributed by atoms with Gasteiger partial charge in [-0.25, -0.2) is 26.3 Å². The molecule has 0 aliphatic heterocycles. The molecule has 1 aliphatic carbocycles. The third-order valence-electron chi connectivity index (χ3n) is 7.88. The second-order valence-corrected chi connectivity index (χ2v) is 10.5. The van der Waals surface area contributed by atoms with E-state index in [0.29, 0.717) is 17.5 Å². The summed E-state index contributed by atoms with van der Waals surface area (Å²) in [4.78, 5) is 0. The Balaban J connectivity index is 1.43. The molecule has 0 heterocycles. The monoisotopic (exact) mass is 578 g/mol. The van der Waals surface area contributed by atoms with E-state index in [9.17, 15) is 22.0 Å². The molecule has 1 fully saturated rings. The van der Waals surface area contributed by atoms with E-state index in [1.54, 1.807) is 12.1 Å². The van der Waals surface area contributed by atoms with Crippen molar-refractivity contribution in [3.8, 4) is 16.9 Å². The van der Waals surface area contributed by atoms with Crippen molar-refractivity contribution in [2.75, 3.05) is 0 Å². The van der Waals surface area contributed by atoms with Gasteiger partial charge in [-0.3, -0.25) is 0 Å². The first-order valence-electron chi connectivity index (χ1n) is 13.4. The highest BCUT2D eigenvalue weighted by Gasteiger charge is 2.39. The molecule has 4 aromatic rings. The third kappa shape index (κ3) is 5.63. The van der Waals surface area contributed by atoms with Crippen molar-refractivity contribution in [1.82, 2.24) is 0 Å². The van der Waals surface area contributed by atoms with E-state index in [2.05, 4.69) is 11.7 Å². The van der Waals surface area contributed by atoms with Gasteiger partial charge in [0.2, 0.25) is 0 Å². The van der Waals surface area contributed by atoms with Crippen molar-refractivity contribution in [2.24, 2.45) is 5.92 Å². The predicted molar refractivity (Wildman–Crippen MR) is 140 cm³/mol. The topological polar surface area (TPSA) is 9.23 Å². The van der Waals surface area contributed by atoms with Gasteiger partial charge in [0.25, 0.3) is 0 Å². The van der Waals surface area contributed by atoms with Crippen molar-refractivity contribution < 1.29 is 39.9 Å². The second-order valence-electron chi connectivity index (χ2n) is 10.5. The number of rotatable bonds is 7. The molecule has 0 atom stereocenters. The standard InChI is InChI=1S/C32H26F8O/c1-2-3-17-4-6-18(7-5-17)19-8-10-20(11-9-19)23-14-21-12-13-24(29(36)27(21)31(38)28(23)35)32(39,40)41-22-15-25(33)30(37)26(34)16-22/h8-18H,2-7H2,1H3. The fourth-order valence-electron chi connectivity index (χ4n) is 5.74. The molecule has 216 valence electrons. The Labute approximate surface area is 231 Å². The Bertz CT molecular complexity index is 1550. The number of benzene rings is 4. The van der Waals surface area contributed by atoms with E-state index in [0.717, 1.165) is 55.7 Å². The molecule has 0 N–H and O–H groups in total. The van der Waals surface area contributed by atoms with Crippen LogP contribution in [0.2, 0.25) is 0 Å². The van der Waals surface area contributed by atoms with Crippen molar-refractivity contribution in [2.45, 2.75) is 57.5 Å². The fraction of sp³-hybridized carbons (Fsp3) is 0.312. The van der Waals surface area contributed by atoms with E-state index in [1.165, 1.54) is 6.42 Å². The molecule has 0 radical (unpaired) electrons. The lowest BCUT2D eigenvalue weighted by molar-refractivity contribution is -0.187.